The number of aromatic nitrogens is 1. The summed E-state index contributed by atoms with van der Waals surface area (Å²) in [4.78, 5) is 5.44. The van der Waals surface area contributed by atoms with Crippen LogP contribution in [0.3, 0.4) is 0 Å². The van der Waals surface area contributed by atoms with Crippen molar-refractivity contribution in [2.75, 3.05) is 33.5 Å². The SMILES string of the molecule is COCCN=c1scc(-c2cccc(Br)c2)n1/N=C\c1ccc2c(c1)OCCO2. The standard InChI is InChI=1S/C21H20BrN3O3S/c1-26-8-7-23-21-25(18(14-29-21)16-3-2-4-17(22)12-16)24-13-15-5-6-19-20(11-15)28-10-9-27-19/h2-6,11-14H,7-10H2,1H3/b23-21?,24-13-. The van der Waals surface area contributed by atoms with E-state index >= 15 is 0 Å². The number of halogens is 1. The predicted molar refractivity (Wildman–Crippen MR) is 118 cm³/mol. The van der Waals surface area contributed by atoms with Crippen molar-refractivity contribution in [3.05, 3.63) is 62.7 Å². The highest BCUT2D eigenvalue weighted by Gasteiger charge is 2.12. The lowest BCUT2D eigenvalue weighted by Crippen LogP contribution is -2.15. The van der Waals surface area contributed by atoms with Crippen molar-refractivity contribution in [1.29, 1.82) is 0 Å². The van der Waals surface area contributed by atoms with E-state index < -0.39 is 0 Å². The zero-order valence-electron chi connectivity index (χ0n) is 15.9. The van der Waals surface area contributed by atoms with Crippen LogP contribution in [0.15, 0.2) is 62.4 Å². The molecule has 0 fully saturated rings. The Morgan fingerprint density at radius 1 is 1.17 bits per heavy atom. The van der Waals surface area contributed by atoms with Gasteiger partial charge < -0.3 is 14.2 Å². The average Bonchev–Trinajstić information content (AvgIpc) is 3.15. The fraction of sp³-hybridized carbons (Fsp3) is 0.238. The number of fused-ring (bicyclic) bond motifs is 1. The molecule has 29 heavy (non-hydrogen) atoms. The Morgan fingerprint density at radius 3 is 2.86 bits per heavy atom. The molecule has 0 amide bonds. The van der Waals surface area contributed by atoms with Crippen molar-refractivity contribution in [3.8, 4) is 22.8 Å². The molecule has 0 saturated carbocycles. The molecule has 1 aliphatic heterocycles. The van der Waals surface area contributed by atoms with Crippen LogP contribution >= 0.6 is 27.3 Å². The van der Waals surface area contributed by atoms with Gasteiger partial charge in [0.15, 0.2) is 11.5 Å². The molecule has 1 aliphatic rings. The molecule has 6 nitrogen and oxygen atoms in total. The Bertz CT molecular complexity index is 1090. The molecular formula is C21H20BrN3O3S. The van der Waals surface area contributed by atoms with Crippen LogP contribution in [0.5, 0.6) is 11.5 Å². The molecule has 0 atom stereocenters. The topological polar surface area (TPSA) is 57.3 Å². The Labute approximate surface area is 181 Å². The summed E-state index contributed by atoms with van der Waals surface area (Å²) in [5.74, 6) is 1.51. The highest BCUT2D eigenvalue weighted by molar-refractivity contribution is 9.10. The van der Waals surface area contributed by atoms with Gasteiger partial charge in [0.25, 0.3) is 0 Å². The van der Waals surface area contributed by atoms with E-state index in [1.54, 1.807) is 18.4 Å². The molecule has 3 aromatic rings. The van der Waals surface area contributed by atoms with Crippen molar-refractivity contribution < 1.29 is 14.2 Å². The summed E-state index contributed by atoms with van der Waals surface area (Å²) in [6.45, 7) is 2.28. The Balaban J connectivity index is 1.71. The van der Waals surface area contributed by atoms with Crippen LogP contribution in [0, 0.1) is 0 Å². The number of benzene rings is 2. The first kappa shape index (κ1) is 19.9. The highest BCUT2D eigenvalue weighted by atomic mass is 79.9. The molecule has 150 valence electrons. The van der Waals surface area contributed by atoms with E-state index in [-0.39, 0.29) is 0 Å². The van der Waals surface area contributed by atoms with Crippen molar-refractivity contribution in [3.63, 3.8) is 0 Å². The second-order valence-electron chi connectivity index (χ2n) is 6.25. The van der Waals surface area contributed by atoms with Crippen LogP contribution in [-0.2, 0) is 4.74 Å². The summed E-state index contributed by atoms with van der Waals surface area (Å²) in [6, 6.07) is 13.9. The average molecular weight is 474 g/mol. The molecule has 0 spiro atoms. The second kappa shape index (κ2) is 9.39. The maximum atomic E-state index is 5.67. The predicted octanol–water partition coefficient (Wildman–Crippen LogP) is 4.18. The van der Waals surface area contributed by atoms with Gasteiger partial charge in [0.1, 0.15) is 13.2 Å². The maximum Gasteiger partial charge on any atom is 0.206 e. The molecule has 0 radical (unpaired) electrons. The Hall–Kier alpha value is -2.42. The van der Waals surface area contributed by atoms with Crippen LogP contribution in [0.1, 0.15) is 5.56 Å². The number of thiazole rings is 1. The van der Waals surface area contributed by atoms with Crippen LogP contribution in [0.4, 0.5) is 0 Å². The zero-order chi connectivity index (χ0) is 20.1. The van der Waals surface area contributed by atoms with Crippen LogP contribution < -0.4 is 14.3 Å². The molecule has 2 aromatic carbocycles. The second-order valence-corrected chi connectivity index (χ2v) is 8.00. The van der Waals surface area contributed by atoms with Gasteiger partial charge in [-0.15, -0.1) is 11.3 Å². The van der Waals surface area contributed by atoms with E-state index in [0.29, 0.717) is 26.4 Å². The fourth-order valence-electron chi connectivity index (χ4n) is 2.86. The van der Waals surface area contributed by atoms with Crippen LogP contribution in [0.2, 0.25) is 0 Å². The van der Waals surface area contributed by atoms with Gasteiger partial charge in [0.05, 0.1) is 25.1 Å². The van der Waals surface area contributed by atoms with E-state index in [0.717, 1.165) is 37.6 Å². The van der Waals surface area contributed by atoms with Crippen LogP contribution in [-0.4, -0.2) is 44.4 Å². The molecule has 0 unspecified atom stereocenters. The molecule has 2 heterocycles. The number of hydrogen-bond acceptors (Lipinski definition) is 6. The van der Waals surface area contributed by atoms with Gasteiger partial charge in [-0.25, -0.2) is 4.68 Å². The smallest absolute Gasteiger partial charge is 0.206 e. The highest BCUT2D eigenvalue weighted by Crippen LogP contribution is 2.30. The minimum atomic E-state index is 0.558. The third kappa shape index (κ3) is 4.77. The third-order valence-electron chi connectivity index (χ3n) is 4.24. The van der Waals surface area contributed by atoms with Gasteiger partial charge >= 0.3 is 0 Å². The van der Waals surface area contributed by atoms with Crippen molar-refractivity contribution in [2.24, 2.45) is 10.1 Å². The largest absolute Gasteiger partial charge is 0.486 e. The van der Waals surface area contributed by atoms with Crippen molar-refractivity contribution >= 4 is 33.5 Å². The maximum absolute atomic E-state index is 5.67. The lowest BCUT2D eigenvalue weighted by Gasteiger charge is -2.18. The van der Waals surface area contributed by atoms with E-state index in [9.17, 15) is 0 Å². The van der Waals surface area contributed by atoms with Crippen LogP contribution in [0.25, 0.3) is 11.3 Å². The zero-order valence-corrected chi connectivity index (χ0v) is 18.3. The van der Waals surface area contributed by atoms with Gasteiger partial charge in [0.2, 0.25) is 4.80 Å². The first-order valence-corrected chi connectivity index (χ1v) is 10.8. The molecule has 0 N–H and O–H groups in total. The van der Waals surface area contributed by atoms with Gasteiger partial charge in [-0.05, 0) is 35.9 Å². The number of ether oxygens (including phenoxy) is 3. The Morgan fingerprint density at radius 2 is 2.03 bits per heavy atom. The minimum Gasteiger partial charge on any atom is -0.486 e. The quantitative estimate of drug-likeness (QED) is 0.398. The van der Waals surface area contributed by atoms with Gasteiger partial charge in [0, 0.05) is 22.5 Å². The van der Waals surface area contributed by atoms with E-state index in [4.69, 9.17) is 19.3 Å². The van der Waals surface area contributed by atoms with Gasteiger partial charge in [-0.3, -0.25) is 4.99 Å². The molecule has 0 bridgehead atoms. The first-order valence-electron chi connectivity index (χ1n) is 9.14. The fourth-order valence-corrected chi connectivity index (χ4v) is 4.13. The van der Waals surface area contributed by atoms with Gasteiger partial charge in [-0.1, -0.05) is 28.1 Å². The summed E-state index contributed by atoms with van der Waals surface area (Å²) >= 11 is 5.10. The third-order valence-corrected chi connectivity index (χ3v) is 5.58. The van der Waals surface area contributed by atoms with E-state index in [1.807, 2.05) is 41.2 Å². The number of methoxy groups -OCH3 is 1. The lowest BCUT2D eigenvalue weighted by atomic mass is 10.2. The molecule has 1 aromatic heterocycles. The summed E-state index contributed by atoms with van der Waals surface area (Å²) in [5, 5.41) is 6.79. The van der Waals surface area contributed by atoms with E-state index in [2.05, 4.69) is 38.4 Å². The van der Waals surface area contributed by atoms with Gasteiger partial charge in [-0.2, -0.15) is 5.10 Å². The molecular weight excluding hydrogens is 454 g/mol. The summed E-state index contributed by atoms with van der Waals surface area (Å²) in [7, 11) is 1.67. The molecule has 0 saturated heterocycles. The number of rotatable bonds is 6. The molecule has 8 heteroatoms. The number of nitrogens with zero attached hydrogens (tertiary/aromatic N) is 3. The normalized spacial score (nSPS) is 13.9. The first-order chi connectivity index (χ1) is 14.2. The van der Waals surface area contributed by atoms with Crippen molar-refractivity contribution in [1.82, 2.24) is 4.68 Å². The number of hydrogen-bond donors (Lipinski definition) is 0. The van der Waals surface area contributed by atoms with E-state index in [1.165, 1.54) is 0 Å². The minimum absolute atomic E-state index is 0.558. The summed E-state index contributed by atoms with van der Waals surface area (Å²) in [5.41, 5.74) is 2.96. The molecule has 4 rings (SSSR count). The Kier molecular flexibility index (Phi) is 6.43. The lowest BCUT2D eigenvalue weighted by molar-refractivity contribution is 0.171. The summed E-state index contributed by atoms with van der Waals surface area (Å²) < 4.78 is 19.3. The summed E-state index contributed by atoms with van der Waals surface area (Å²) in [6.07, 6.45) is 1.81. The van der Waals surface area contributed by atoms with Crippen molar-refractivity contribution in [2.45, 2.75) is 0 Å². The monoisotopic (exact) mass is 473 g/mol. The molecule has 0 aliphatic carbocycles.